The summed E-state index contributed by atoms with van der Waals surface area (Å²) in [6, 6.07) is 3.98. The number of carbonyl (C=O) groups excluding carboxylic acids is 2. The van der Waals surface area contributed by atoms with E-state index in [4.69, 9.17) is 4.74 Å². The summed E-state index contributed by atoms with van der Waals surface area (Å²) in [7, 11) is 4.80. The van der Waals surface area contributed by atoms with Crippen LogP contribution in [0.1, 0.15) is 15.9 Å². The SMILES string of the molecule is COc1nn(C)cc1C(=O)N(C)CC(=O)N1CCN(Cc2cccnc2)CC1. The smallest absolute Gasteiger partial charge is 0.261 e. The number of likely N-dealkylation sites (N-methyl/N-ethyl adjacent to an activating group) is 1. The first-order valence-corrected chi connectivity index (χ1v) is 9.20. The third-order valence-electron chi connectivity index (χ3n) is 4.79. The topological polar surface area (TPSA) is 83.8 Å². The normalized spacial score (nSPS) is 14.8. The van der Waals surface area contributed by atoms with E-state index in [0.717, 1.165) is 25.2 Å². The third kappa shape index (κ3) is 4.66. The zero-order valence-electron chi connectivity index (χ0n) is 16.5. The highest BCUT2D eigenvalue weighted by atomic mass is 16.5. The number of aryl methyl sites for hydroxylation is 1. The summed E-state index contributed by atoms with van der Waals surface area (Å²) in [6.45, 7) is 3.76. The lowest BCUT2D eigenvalue weighted by atomic mass is 10.2. The van der Waals surface area contributed by atoms with Crippen molar-refractivity contribution in [1.29, 1.82) is 0 Å². The Morgan fingerprint density at radius 3 is 2.64 bits per heavy atom. The maximum Gasteiger partial charge on any atom is 0.261 e. The van der Waals surface area contributed by atoms with Crippen molar-refractivity contribution >= 4 is 11.8 Å². The molecule has 28 heavy (non-hydrogen) atoms. The van der Waals surface area contributed by atoms with Gasteiger partial charge in [0.05, 0.1) is 13.7 Å². The molecule has 2 aromatic rings. The van der Waals surface area contributed by atoms with Crippen LogP contribution >= 0.6 is 0 Å². The van der Waals surface area contributed by atoms with Crippen LogP contribution in [0.5, 0.6) is 5.88 Å². The van der Waals surface area contributed by atoms with Gasteiger partial charge in [-0.2, -0.15) is 0 Å². The molecule has 2 amide bonds. The number of hydrogen-bond donors (Lipinski definition) is 0. The van der Waals surface area contributed by atoms with Crippen molar-refractivity contribution in [3.05, 3.63) is 41.9 Å². The maximum atomic E-state index is 12.6. The molecular formula is C19H26N6O3. The van der Waals surface area contributed by atoms with Gasteiger partial charge in [0, 0.05) is 65.4 Å². The molecule has 0 N–H and O–H groups in total. The van der Waals surface area contributed by atoms with Crippen molar-refractivity contribution in [2.45, 2.75) is 6.54 Å². The fourth-order valence-electron chi connectivity index (χ4n) is 3.25. The van der Waals surface area contributed by atoms with Crippen molar-refractivity contribution in [2.24, 2.45) is 7.05 Å². The summed E-state index contributed by atoms with van der Waals surface area (Å²) in [5, 5.41) is 4.09. The van der Waals surface area contributed by atoms with Crippen molar-refractivity contribution in [2.75, 3.05) is 46.9 Å². The van der Waals surface area contributed by atoms with Crippen LogP contribution in [0.4, 0.5) is 0 Å². The number of piperazine rings is 1. The fraction of sp³-hybridized carbons (Fsp3) is 0.474. The lowest BCUT2D eigenvalue weighted by Gasteiger charge is -2.35. The summed E-state index contributed by atoms with van der Waals surface area (Å²) in [5.74, 6) is -0.0796. The summed E-state index contributed by atoms with van der Waals surface area (Å²) in [4.78, 5) is 34.9. The number of nitrogens with zero attached hydrogens (tertiary/aromatic N) is 6. The van der Waals surface area contributed by atoms with E-state index in [2.05, 4.69) is 21.0 Å². The molecule has 1 fully saturated rings. The Kier molecular flexibility index (Phi) is 6.25. The molecule has 1 aliphatic heterocycles. The van der Waals surface area contributed by atoms with E-state index in [0.29, 0.717) is 18.7 Å². The zero-order chi connectivity index (χ0) is 20.1. The lowest BCUT2D eigenvalue weighted by molar-refractivity contribution is -0.133. The van der Waals surface area contributed by atoms with Gasteiger partial charge < -0.3 is 14.5 Å². The second kappa shape index (κ2) is 8.83. The van der Waals surface area contributed by atoms with Crippen LogP contribution in [0.25, 0.3) is 0 Å². The van der Waals surface area contributed by atoms with E-state index in [1.165, 1.54) is 16.7 Å². The highest BCUT2D eigenvalue weighted by Crippen LogP contribution is 2.17. The van der Waals surface area contributed by atoms with Crippen molar-refractivity contribution in [3.63, 3.8) is 0 Å². The van der Waals surface area contributed by atoms with Gasteiger partial charge in [-0.25, -0.2) is 0 Å². The molecule has 0 spiro atoms. The minimum absolute atomic E-state index is 0.0273. The molecule has 0 radical (unpaired) electrons. The van der Waals surface area contributed by atoms with Gasteiger partial charge in [0.15, 0.2) is 0 Å². The second-order valence-corrected chi connectivity index (χ2v) is 6.91. The molecule has 9 heteroatoms. The quantitative estimate of drug-likeness (QED) is 0.707. The molecule has 3 heterocycles. The summed E-state index contributed by atoms with van der Waals surface area (Å²) in [5.41, 5.74) is 1.51. The average molecular weight is 386 g/mol. The van der Waals surface area contributed by atoms with E-state index >= 15 is 0 Å². The number of aromatic nitrogens is 3. The van der Waals surface area contributed by atoms with Crippen LogP contribution in [0.3, 0.4) is 0 Å². The zero-order valence-corrected chi connectivity index (χ0v) is 16.5. The lowest BCUT2D eigenvalue weighted by Crippen LogP contribution is -2.51. The molecule has 1 aliphatic rings. The van der Waals surface area contributed by atoms with Gasteiger partial charge in [-0.15, -0.1) is 5.10 Å². The molecule has 3 rings (SSSR count). The van der Waals surface area contributed by atoms with E-state index in [1.807, 2.05) is 17.2 Å². The van der Waals surface area contributed by atoms with E-state index in [9.17, 15) is 9.59 Å². The van der Waals surface area contributed by atoms with Crippen LogP contribution in [-0.2, 0) is 18.4 Å². The molecule has 0 atom stereocenters. The molecule has 0 aromatic carbocycles. The second-order valence-electron chi connectivity index (χ2n) is 6.91. The predicted octanol–water partition coefficient (Wildman–Crippen LogP) is 0.240. The van der Waals surface area contributed by atoms with Crippen LogP contribution in [-0.4, -0.2) is 88.2 Å². The van der Waals surface area contributed by atoms with Crippen molar-refractivity contribution in [1.82, 2.24) is 29.5 Å². The van der Waals surface area contributed by atoms with Gasteiger partial charge in [0.1, 0.15) is 5.56 Å². The minimum Gasteiger partial charge on any atom is -0.479 e. The van der Waals surface area contributed by atoms with Gasteiger partial charge in [-0.1, -0.05) is 6.07 Å². The van der Waals surface area contributed by atoms with Crippen LogP contribution in [0.2, 0.25) is 0 Å². The Bertz CT molecular complexity index is 814. The molecular weight excluding hydrogens is 360 g/mol. The standard InChI is InChI=1S/C19H26N6O3/c1-22(19(27)16-13-23(2)21-18(16)28-3)14-17(26)25-9-7-24(8-10-25)12-15-5-4-6-20-11-15/h4-6,11,13H,7-10,12,14H2,1-3H3. The van der Waals surface area contributed by atoms with Gasteiger partial charge in [0.2, 0.25) is 11.8 Å². The van der Waals surface area contributed by atoms with Crippen LogP contribution in [0.15, 0.2) is 30.7 Å². The Labute approximate surface area is 164 Å². The van der Waals surface area contributed by atoms with Gasteiger partial charge in [0.25, 0.3) is 5.91 Å². The molecule has 9 nitrogen and oxygen atoms in total. The summed E-state index contributed by atoms with van der Waals surface area (Å²) >= 11 is 0. The number of amides is 2. The van der Waals surface area contributed by atoms with E-state index in [1.54, 1.807) is 26.5 Å². The minimum atomic E-state index is -0.284. The average Bonchev–Trinajstić information content (AvgIpc) is 3.09. The Hall–Kier alpha value is -2.94. The molecule has 0 saturated carbocycles. The number of hydrogen-bond acceptors (Lipinski definition) is 6. The number of pyridine rings is 1. The largest absolute Gasteiger partial charge is 0.479 e. The Balaban J connectivity index is 1.50. The van der Waals surface area contributed by atoms with Crippen LogP contribution in [0, 0.1) is 0 Å². The molecule has 0 aliphatic carbocycles. The van der Waals surface area contributed by atoms with Crippen LogP contribution < -0.4 is 4.74 Å². The predicted molar refractivity (Wildman–Crippen MR) is 103 cm³/mol. The Morgan fingerprint density at radius 2 is 2.00 bits per heavy atom. The van der Waals surface area contributed by atoms with E-state index < -0.39 is 0 Å². The first kappa shape index (κ1) is 19.8. The van der Waals surface area contributed by atoms with E-state index in [-0.39, 0.29) is 24.2 Å². The number of carbonyl (C=O) groups is 2. The first-order valence-electron chi connectivity index (χ1n) is 9.20. The number of rotatable bonds is 6. The molecule has 1 saturated heterocycles. The first-order chi connectivity index (χ1) is 13.5. The highest BCUT2D eigenvalue weighted by molar-refractivity contribution is 5.98. The summed E-state index contributed by atoms with van der Waals surface area (Å²) in [6.07, 6.45) is 5.23. The molecule has 0 unspecified atom stereocenters. The van der Waals surface area contributed by atoms with Crippen molar-refractivity contribution < 1.29 is 14.3 Å². The number of methoxy groups -OCH3 is 1. The van der Waals surface area contributed by atoms with Gasteiger partial charge in [-0.05, 0) is 11.6 Å². The summed E-state index contributed by atoms with van der Waals surface area (Å²) < 4.78 is 6.65. The van der Waals surface area contributed by atoms with Gasteiger partial charge in [-0.3, -0.25) is 24.2 Å². The molecule has 2 aromatic heterocycles. The molecule has 150 valence electrons. The van der Waals surface area contributed by atoms with Gasteiger partial charge >= 0.3 is 0 Å². The number of ether oxygens (including phenoxy) is 1. The highest BCUT2D eigenvalue weighted by Gasteiger charge is 2.25. The monoisotopic (exact) mass is 386 g/mol. The molecule has 0 bridgehead atoms. The Morgan fingerprint density at radius 1 is 1.25 bits per heavy atom. The third-order valence-corrected chi connectivity index (χ3v) is 4.79. The van der Waals surface area contributed by atoms with Crippen molar-refractivity contribution in [3.8, 4) is 5.88 Å². The maximum absolute atomic E-state index is 12.6. The fourth-order valence-corrected chi connectivity index (χ4v) is 3.25.